The predicted octanol–water partition coefficient (Wildman–Crippen LogP) is 2.29. The molecule has 122 valence electrons. The van der Waals surface area contributed by atoms with Crippen LogP contribution in [-0.2, 0) is 5.75 Å². The van der Waals surface area contributed by atoms with E-state index in [0.717, 1.165) is 43.5 Å². The first-order chi connectivity index (χ1) is 11.3. The van der Waals surface area contributed by atoms with Crippen molar-refractivity contribution in [1.82, 2.24) is 14.9 Å². The first kappa shape index (κ1) is 15.9. The molecule has 1 fully saturated rings. The largest absolute Gasteiger partial charge is 0.455 e. The number of aromatic nitrogens is 2. The molecule has 0 atom stereocenters. The summed E-state index contributed by atoms with van der Waals surface area (Å²) in [6, 6.07) is 5.46. The molecular formula is C16H20N4O2S. The number of carbonyl (C=O) groups excluding carboxylic acids is 1. The topological polar surface area (TPSA) is 62.5 Å². The van der Waals surface area contributed by atoms with Crippen LogP contribution in [0.25, 0.3) is 0 Å². The van der Waals surface area contributed by atoms with Crippen molar-refractivity contribution in [2.24, 2.45) is 0 Å². The van der Waals surface area contributed by atoms with Gasteiger partial charge in [0.15, 0.2) is 5.76 Å². The minimum atomic E-state index is -0.0341. The van der Waals surface area contributed by atoms with E-state index < -0.39 is 0 Å². The fourth-order valence-corrected chi connectivity index (χ4v) is 3.08. The van der Waals surface area contributed by atoms with Crippen LogP contribution in [0.2, 0.25) is 0 Å². The second-order valence-electron chi connectivity index (χ2n) is 5.38. The monoisotopic (exact) mass is 332 g/mol. The molecule has 0 N–H and O–H groups in total. The predicted molar refractivity (Wildman–Crippen MR) is 90.7 cm³/mol. The average molecular weight is 332 g/mol. The third kappa shape index (κ3) is 3.85. The molecule has 6 nitrogen and oxygen atoms in total. The van der Waals surface area contributed by atoms with Crippen LogP contribution in [0.1, 0.15) is 22.7 Å². The fourth-order valence-electron chi connectivity index (χ4n) is 2.64. The maximum atomic E-state index is 12.6. The van der Waals surface area contributed by atoms with Gasteiger partial charge < -0.3 is 14.2 Å². The van der Waals surface area contributed by atoms with Crippen molar-refractivity contribution in [3.05, 3.63) is 42.1 Å². The Bertz CT molecular complexity index is 647. The summed E-state index contributed by atoms with van der Waals surface area (Å²) in [7, 11) is 0. The number of anilines is 1. The normalized spacial score (nSPS) is 15.5. The van der Waals surface area contributed by atoms with Crippen LogP contribution in [0.3, 0.4) is 0 Å². The Balaban J connectivity index is 1.64. The number of rotatable bonds is 4. The van der Waals surface area contributed by atoms with Gasteiger partial charge in [0, 0.05) is 38.6 Å². The number of thioether (sulfide) groups is 1. The highest BCUT2D eigenvalue weighted by Gasteiger charge is 2.23. The van der Waals surface area contributed by atoms with Crippen molar-refractivity contribution in [2.45, 2.75) is 12.2 Å². The first-order valence-electron chi connectivity index (χ1n) is 7.67. The van der Waals surface area contributed by atoms with Gasteiger partial charge in [0.05, 0.1) is 5.75 Å². The third-order valence-corrected chi connectivity index (χ3v) is 4.35. The van der Waals surface area contributed by atoms with E-state index in [0.29, 0.717) is 12.3 Å². The zero-order valence-electron chi connectivity index (χ0n) is 13.1. The van der Waals surface area contributed by atoms with Crippen molar-refractivity contribution in [1.29, 1.82) is 0 Å². The van der Waals surface area contributed by atoms with Gasteiger partial charge in [-0.25, -0.2) is 9.97 Å². The van der Waals surface area contributed by atoms with Crippen LogP contribution in [0.4, 0.5) is 5.95 Å². The van der Waals surface area contributed by atoms with Crippen molar-refractivity contribution in [2.75, 3.05) is 37.3 Å². The highest BCUT2D eigenvalue weighted by Crippen LogP contribution is 2.17. The summed E-state index contributed by atoms with van der Waals surface area (Å²) in [5, 5.41) is 0. The molecule has 0 radical (unpaired) electrons. The Labute approximate surface area is 139 Å². The summed E-state index contributed by atoms with van der Waals surface area (Å²) < 4.78 is 5.64. The van der Waals surface area contributed by atoms with Crippen LogP contribution < -0.4 is 4.90 Å². The van der Waals surface area contributed by atoms with Crippen LogP contribution in [0.5, 0.6) is 0 Å². The van der Waals surface area contributed by atoms with Gasteiger partial charge in [-0.3, -0.25) is 4.79 Å². The van der Waals surface area contributed by atoms with E-state index in [1.54, 1.807) is 36.3 Å². The molecule has 0 unspecified atom stereocenters. The Kier molecular flexibility index (Phi) is 5.17. The minimum absolute atomic E-state index is 0.0341. The molecule has 1 aliphatic rings. The van der Waals surface area contributed by atoms with Gasteiger partial charge in [0.2, 0.25) is 5.95 Å². The highest BCUT2D eigenvalue weighted by molar-refractivity contribution is 7.97. The molecule has 3 rings (SSSR count). The number of carbonyl (C=O) groups is 1. The third-order valence-electron chi connectivity index (χ3n) is 3.78. The molecule has 3 heterocycles. The van der Waals surface area contributed by atoms with Gasteiger partial charge >= 0.3 is 0 Å². The van der Waals surface area contributed by atoms with E-state index in [9.17, 15) is 4.79 Å². The minimum Gasteiger partial charge on any atom is -0.455 e. The van der Waals surface area contributed by atoms with E-state index in [-0.39, 0.29) is 5.91 Å². The van der Waals surface area contributed by atoms with Crippen molar-refractivity contribution in [3.8, 4) is 0 Å². The molecule has 2 aromatic rings. The number of furan rings is 1. The van der Waals surface area contributed by atoms with Crippen molar-refractivity contribution >= 4 is 23.6 Å². The molecule has 1 amide bonds. The molecule has 1 saturated heterocycles. The Hall–Kier alpha value is -2.02. The fraction of sp³-hybridized carbons (Fsp3) is 0.438. The van der Waals surface area contributed by atoms with Crippen molar-refractivity contribution < 1.29 is 9.21 Å². The molecule has 7 heteroatoms. The molecule has 23 heavy (non-hydrogen) atoms. The molecule has 1 aliphatic heterocycles. The lowest BCUT2D eigenvalue weighted by Gasteiger charge is -2.21. The Morgan fingerprint density at radius 1 is 1.22 bits per heavy atom. The molecular weight excluding hydrogens is 312 g/mol. The van der Waals surface area contributed by atoms with Gasteiger partial charge in [-0.05, 0) is 30.9 Å². The average Bonchev–Trinajstić information content (AvgIpc) is 2.91. The summed E-state index contributed by atoms with van der Waals surface area (Å²) in [4.78, 5) is 25.1. The van der Waals surface area contributed by atoms with Gasteiger partial charge in [-0.15, -0.1) is 0 Å². The maximum absolute atomic E-state index is 12.6. The second-order valence-corrected chi connectivity index (χ2v) is 6.25. The van der Waals surface area contributed by atoms with Gasteiger partial charge in [0.25, 0.3) is 5.91 Å². The molecule has 0 aromatic carbocycles. The van der Waals surface area contributed by atoms with Gasteiger partial charge in [-0.1, -0.05) is 0 Å². The Morgan fingerprint density at radius 3 is 2.83 bits per heavy atom. The van der Waals surface area contributed by atoms with Crippen LogP contribution in [0, 0.1) is 0 Å². The zero-order chi connectivity index (χ0) is 16.1. The highest BCUT2D eigenvalue weighted by atomic mass is 32.2. The molecule has 0 bridgehead atoms. The van der Waals surface area contributed by atoms with E-state index in [2.05, 4.69) is 14.9 Å². The van der Waals surface area contributed by atoms with Crippen LogP contribution in [0.15, 0.2) is 35.0 Å². The molecule has 0 spiro atoms. The number of hydrogen-bond acceptors (Lipinski definition) is 6. The van der Waals surface area contributed by atoms with E-state index in [1.807, 2.05) is 17.2 Å². The smallest absolute Gasteiger partial charge is 0.289 e. The van der Waals surface area contributed by atoms with Gasteiger partial charge in [0.1, 0.15) is 5.76 Å². The molecule has 2 aromatic heterocycles. The van der Waals surface area contributed by atoms with E-state index in [4.69, 9.17) is 4.42 Å². The molecule has 0 saturated carbocycles. The SMILES string of the molecule is CSCc1ccc(C(=O)N2CCCN(c3ncccn3)CC2)o1. The van der Waals surface area contributed by atoms with Crippen LogP contribution >= 0.6 is 11.8 Å². The lowest BCUT2D eigenvalue weighted by Crippen LogP contribution is -2.35. The lowest BCUT2D eigenvalue weighted by molar-refractivity contribution is 0.0733. The van der Waals surface area contributed by atoms with Gasteiger partial charge in [-0.2, -0.15) is 11.8 Å². The maximum Gasteiger partial charge on any atom is 0.289 e. The number of nitrogens with zero attached hydrogens (tertiary/aromatic N) is 4. The summed E-state index contributed by atoms with van der Waals surface area (Å²) in [5.41, 5.74) is 0. The lowest BCUT2D eigenvalue weighted by atomic mass is 10.3. The quantitative estimate of drug-likeness (QED) is 0.856. The number of amides is 1. The first-order valence-corrected chi connectivity index (χ1v) is 9.06. The Morgan fingerprint density at radius 2 is 2.04 bits per heavy atom. The standard InChI is InChI=1S/C16H20N4O2S/c1-23-12-13-4-5-14(22-13)15(21)19-8-3-9-20(11-10-19)16-17-6-2-7-18-16/h2,4-7H,3,8-12H2,1H3. The van der Waals surface area contributed by atoms with Crippen molar-refractivity contribution in [3.63, 3.8) is 0 Å². The van der Waals surface area contributed by atoms with E-state index >= 15 is 0 Å². The summed E-state index contributed by atoms with van der Waals surface area (Å²) in [5.74, 6) is 2.75. The second kappa shape index (κ2) is 7.50. The molecule has 0 aliphatic carbocycles. The summed E-state index contributed by atoms with van der Waals surface area (Å²) in [6.07, 6.45) is 6.39. The zero-order valence-corrected chi connectivity index (χ0v) is 14.0. The summed E-state index contributed by atoms with van der Waals surface area (Å²) in [6.45, 7) is 2.95. The number of hydrogen-bond donors (Lipinski definition) is 0. The van der Waals surface area contributed by atoms with E-state index in [1.165, 1.54) is 0 Å². The van der Waals surface area contributed by atoms with Crippen LogP contribution in [-0.4, -0.2) is 53.2 Å². The summed E-state index contributed by atoms with van der Waals surface area (Å²) >= 11 is 1.68.